The van der Waals surface area contributed by atoms with Crippen LogP contribution >= 0.6 is 24.4 Å². The lowest BCUT2D eigenvalue weighted by Gasteiger charge is -2.22. The molecule has 0 aromatic carbocycles. The number of nitrogens with one attached hydrogen (secondary N) is 1. The molecular formula is C49H97NOS2. The van der Waals surface area contributed by atoms with Crippen molar-refractivity contribution in [2.75, 3.05) is 6.54 Å². The summed E-state index contributed by atoms with van der Waals surface area (Å²) in [7, 11) is 0. The number of hydrogen-bond donors (Lipinski definition) is 1. The van der Waals surface area contributed by atoms with Crippen molar-refractivity contribution >= 4 is 34.5 Å². The number of thiocarbonyl (C=S) groups is 2. The zero-order valence-electron chi connectivity index (χ0n) is 36.9. The molecule has 1 N–H and O–H groups in total. The maximum Gasteiger partial charge on any atom is 0.160 e. The van der Waals surface area contributed by atoms with Crippen LogP contribution in [-0.4, -0.2) is 22.7 Å². The molecular weight excluding hydrogens is 683 g/mol. The van der Waals surface area contributed by atoms with E-state index in [-0.39, 0.29) is 6.10 Å². The third-order valence-electron chi connectivity index (χ3n) is 11.6. The van der Waals surface area contributed by atoms with Gasteiger partial charge >= 0.3 is 0 Å². The SMILES string of the molecule is CCCCCCCCCCCCCCCC(=S)OC(C)CNC(=S)C(CCCCCCCCCCCCCC)CCCCCCCCCCCCCC. The molecule has 0 aromatic rings. The fraction of sp³-hybridized carbons (Fsp3) is 0.959. The molecule has 0 bridgehead atoms. The smallest absolute Gasteiger partial charge is 0.160 e. The molecule has 0 amide bonds. The zero-order chi connectivity index (χ0) is 38.7. The lowest BCUT2D eigenvalue weighted by atomic mass is 9.93. The van der Waals surface area contributed by atoms with E-state index in [0.717, 1.165) is 29.4 Å². The van der Waals surface area contributed by atoms with E-state index in [2.05, 4.69) is 33.0 Å². The fourth-order valence-electron chi connectivity index (χ4n) is 7.87. The highest BCUT2D eigenvalue weighted by molar-refractivity contribution is 7.80. The molecule has 0 rings (SSSR count). The maximum absolute atomic E-state index is 6.15. The second-order valence-corrected chi connectivity index (χ2v) is 18.0. The Hall–Kier alpha value is -0.220. The van der Waals surface area contributed by atoms with Crippen LogP contribution in [0.4, 0.5) is 0 Å². The summed E-state index contributed by atoms with van der Waals surface area (Å²) < 4.78 is 6.15. The average molecular weight is 780 g/mol. The van der Waals surface area contributed by atoms with Gasteiger partial charge in [-0.05, 0) is 38.4 Å². The average Bonchev–Trinajstić information content (AvgIpc) is 3.15. The first-order valence-electron chi connectivity index (χ1n) is 24.5. The Balaban J connectivity index is 4.24. The molecule has 0 fully saturated rings. The monoisotopic (exact) mass is 780 g/mol. The van der Waals surface area contributed by atoms with Crippen molar-refractivity contribution < 1.29 is 4.74 Å². The van der Waals surface area contributed by atoms with Gasteiger partial charge in [0.2, 0.25) is 0 Å². The van der Waals surface area contributed by atoms with Crippen molar-refractivity contribution in [1.29, 1.82) is 0 Å². The minimum Gasteiger partial charge on any atom is -0.482 e. The first kappa shape index (κ1) is 52.8. The van der Waals surface area contributed by atoms with Crippen LogP contribution in [0.2, 0.25) is 0 Å². The summed E-state index contributed by atoms with van der Waals surface area (Å²) in [5.41, 5.74) is 0. The van der Waals surface area contributed by atoms with Gasteiger partial charge in [0.15, 0.2) is 5.05 Å². The molecule has 0 aliphatic heterocycles. The molecule has 4 heteroatoms. The van der Waals surface area contributed by atoms with Gasteiger partial charge < -0.3 is 10.1 Å². The molecule has 0 aromatic heterocycles. The highest BCUT2D eigenvalue weighted by Gasteiger charge is 2.16. The molecule has 0 saturated heterocycles. The normalized spacial score (nSPS) is 12.1. The Kier molecular flexibility index (Phi) is 44.3. The highest BCUT2D eigenvalue weighted by Crippen LogP contribution is 2.22. The Morgan fingerprint density at radius 3 is 0.962 bits per heavy atom. The third kappa shape index (κ3) is 41.2. The first-order valence-corrected chi connectivity index (χ1v) is 25.3. The van der Waals surface area contributed by atoms with Crippen molar-refractivity contribution in [3.8, 4) is 0 Å². The molecule has 0 saturated carbocycles. The van der Waals surface area contributed by atoms with Crippen molar-refractivity contribution in [1.82, 2.24) is 5.32 Å². The van der Waals surface area contributed by atoms with Gasteiger partial charge in [-0.1, -0.05) is 264 Å². The van der Waals surface area contributed by atoms with Crippen LogP contribution in [0.5, 0.6) is 0 Å². The van der Waals surface area contributed by atoms with E-state index in [9.17, 15) is 0 Å². The van der Waals surface area contributed by atoms with Crippen LogP contribution in [0.1, 0.15) is 285 Å². The van der Waals surface area contributed by atoms with E-state index in [1.54, 1.807) is 0 Å². The van der Waals surface area contributed by atoms with Crippen molar-refractivity contribution in [2.24, 2.45) is 5.92 Å². The maximum atomic E-state index is 6.15. The van der Waals surface area contributed by atoms with Crippen LogP contribution in [0, 0.1) is 5.92 Å². The van der Waals surface area contributed by atoms with Crippen LogP contribution in [-0.2, 0) is 4.74 Å². The molecule has 1 unspecified atom stereocenters. The standard InChI is InChI=1S/C49H97NOS2/c1-5-8-11-14-17-20-23-26-29-32-35-38-41-44-48(52)51-46(4)45-50-49(53)47(42-39-36-33-30-27-24-21-18-15-12-9-6-2)43-40-37-34-31-28-25-22-19-16-13-10-7-3/h46-47H,5-45H2,1-4H3,(H,50,53). The minimum absolute atomic E-state index is 0.0707. The van der Waals surface area contributed by atoms with Crippen LogP contribution in [0.25, 0.3) is 0 Å². The number of hydrogen-bond acceptors (Lipinski definition) is 3. The summed E-state index contributed by atoms with van der Waals surface area (Å²) in [6, 6.07) is 0. The van der Waals surface area contributed by atoms with E-state index in [1.807, 2.05) is 0 Å². The highest BCUT2D eigenvalue weighted by atomic mass is 32.1. The van der Waals surface area contributed by atoms with Gasteiger partial charge in [-0.15, -0.1) is 0 Å². The summed E-state index contributed by atoms with van der Waals surface area (Å²) in [4.78, 5) is 1.08. The molecule has 0 heterocycles. The molecule has 0 radical (unpaired) electrons. The van der Waals surface area contributed by atoms with Crippen LogP contribution in [0.3, 0.4) is 0 Å². The topological polar surface area (TPSA) is 21.3 Å². The molecule has 316 valence electrons. The summed E-state index contributed by atoms with van der Waals surface area (Å²) in [5.74, 6) is 0.515. The number of rotatable bonds is 44. The second kappa shape index (κ2) is 44.5. The quantitative estimate of drug-likeness (QED) is 0.0491. The van der Waals surface area contributed by atoms with Gasteiger partial charge in [0.25, 0.3) is 0 Å². The first-order chi connectivity index (χ1) is 26.0. The van der Waals surface area contributed by atoms with E-state index < -0.39 is 0 Å². The van der Waals surface area contributed by atoms with Gasteiger partial charge in [0, 0.05) is 12.3 Å². The Bertz CT molecular complexity index is 714. The summed E-state index contributed by atoms with van der Waals surface area (Å²) in [5, 5.41) is 4.43. The van der Waals surface area contributed by atoms with Gasteiger partial charge in [-0.2, -0.15) is 0 Å². The summed E-state index contributed by atoms with van der Waals surface area (Å²) in [6.07, 6.45) is 55.1. The third-order valence-corrected chi connectivity index (χ3v) is 12.3. The van der Waals surface area contributed by atoms with E-state index >= 15 is 0 Å². The van der Waals surface area contributed by atoms with Crippen LogP contribution < -0.4 is 5.32 Å². The van der Waals surface area contributed by atoms with Gasteiger partial charge in [-0.25, -0.2) is 0 Å². The minimum atomic E-state index is 0.0707. The van der Waals surface area contributed by atoms with Gasteiger partial charge in [0.05, 0.1) is 11.5 Å². The molecule has 53 heavy (non-hydrogen) atoms. The van der Waals surface area contributed by atoms with Gasteiger partial charge in [0.1, 0.15) is 6.10 Å². The number of unbranched alkanes of at least 4 members (excludes halogenated alkanes) is 34. The number of ether oxygens (including phenoxy) is 1. The lowest BCUT2D eigenvalue weighted by molar-refractivity contribution is 0.210. The van der Waals surface area contributed by atoms with Crippen molar-refractivity contribution in [2.45, 2.75) is 291 Å². The van der Waals surface area contributed by atoms with E-state index in [1.165, 1.54) is 244 Å². The Morgan fingerprint density at radius 2 is 0.660 bits per heavy atom. The van der Waals surface area contributed by atoms with Crippen molar-refractivity contribution in [3.05, 3.63) is 0 Å². The summed E-state index contributed by atoms with van der Waals surface area (Å²) >= 11 is 11.7. The molecule has 2 nitrogen and oxygen atoms in total. The molecule has 1 atom stereocenters. The predicted octanol–water partition coefficient (Wildman–Crippen LogP) is 17.9. The largest absolute Gasteiger partial charge is 0.482 e. The second-order valence-electron chi connectivity index (χ2n) is 17.1. The molecule has 0 aliphatic rings. The van der Waals surface area contributed by atoms with Crippen molar-refractivity contribution in [3.63, 3.8) is 0 Å². The zero-order valence-corrected chi connectivity index (χ0v) is 38.5. The van der Waals surface area contributed by atoms with E-state index in [4.69, 9.17) is 29.2 Å². The van der Waals surface area contributed by atoms with Gasteiger partial charge in [-0.3, -0.25) is 0 Å². The predicted molar refractivity (Wildman–Crippen MR) is 249 cm³/mol. The summed E-state index contributed by atoms with van der Waals surface area (Å²) in [6.45, 7) is 9.83. The van der Waals surface area contributed by atoms with Crippen LogP contribution in [0.15, 0.2) is 0 Å². The Labute approximate surface area is 346 Å². The fourth-order valence-corrected chi connectivity index (χ4v) is 8.50. The van der Waals surface area contributed by atoms with E-state index in [0.29, 0.717) is 5.92 Å². The Morgan fingerprint density at radius 1 is 0.396 bits per heavy atom. The molecule has 0 spiro atoms. The lowest BCUT2D eigenvalue weighted by Crippen LogP contribution is -2.36. The molecule has 0 aliphatic carbocycles.